The second kappa shape index (κ2) is 7.06. The number of nitrogens with zero attached hydrogens (tertiary/aromatic N) is 1. The van der Waals surface area contributed by atoms with E-state index < -0.39 is 11.9 Å². The molecule has 22 heavy (non-hydrogen) atoms. The number of likely N-dealkylation sites (tertiary alicyclic amines) is 1. The SMILES string of the molecule is CC(CNC(=O)c1cccc(CN2CCCC2=O)c1)C(=O)O. The first kappa shape index (κ1) is 16.0. The summed E-state index contributed by atoms with van der Waals surface area (Å²) in [6.45, 7) is 2.89. The van der Waals surface area contributed by atoms with Gasteiger partial charge in [-0.3, -0.25) is 14.4 Å². The number of carbonyl (C=O) groups is 3. The van der Waals surface area contributed by atoms with E-state index in [0.717, 1.165) is 18.5 Å². The van der Waals surface area contributed by atoms with Gasteiger partial charge >= 0.3 is 5.97 Å². The van der Waals surface area contributed by atoms with Gasteiger partial charge in [-0.1, -0.05) is 19.1 Å². The zero-order valence-electron chi connectivity index (χ0n) is 12.5. The molecule has 6 nitrogen and oxygen atoms in total. The predicted octanol–water partition coefficient (Wildman–Crippen LogP) is 1.26. The second-order valence-corrected chi connectivity index (χ2v) is 5.57. The van der Waals surface area contributed by atoms with Gasteiger partial charge in [0.2, 0.25) is 5.91 Å². The number of carboxylic acids is 1. The van der Waals surface area contributed by atoms with Gasteiger partial charge in [0, 0.05) is 31.6 Å². The zero-order valence-corrected chi connectivity index (χ0v) is 12.5. The molecule has 0 radical (unpaired) electrons. The largest absolute Gasteiger partial charge is 0.481 e. The molecule has 1 unspecified atom stereocenters. The molecule has 1 fully saturated rings. The molecule has 6 heteroatoms. The molecule has 1 aliphatic rings. The van der Waals surface area contributed by atoms with E-state index >= 15 is 0 Å². The van der Waals surface area contributed by atoms with Gasteiger partial charge in [-0.2, -0.15) is 0 Å². The highest BCUT2D eigenvalue weighted by molar-refractivity contribution is 5.94. The maximum atomic E-state index is 12.0. The number of aliphatic carboxylic acids is 1. The molecule has 1 heterocycles. The van der Waals surface area contributed by atoms with Crippen molar-refractivity contribution in [1.29, 1.82) is 0 Å². The van der Waals surface area contributed by atoms with Crippen molar-refractivity contribution in [2.24, 2.45) is 5.92 Å². The summed E-state index contributed by atoms with van der Waals surface area (Å²) in [5.41, 5.74) is 1.37. The molecule has 2 rings (SSSR count). The minimum Gasteiger partial charge on any atom is -0.481 e. The van der Waals surface area contributed by atoms with Crippen molar-refractivity contribution in [2.45, 2.75) is 26.3 Å². The topological polar surface area (TPSA) is 86.7 Å². The lowest BCUT2D eigenvalue weighted by atomic mass is 10.1. The van der Waals surface area contributed by atoms with E-state index in [4.69, 9.17) is 5.11 Å². The zero-order chi connectivity index (χ0) is 16.1. The molecular weight excluding hydrogens is 284 g/mol. The van der Waals surface area contributed by atoms with Crippen LogP contribution in [0.1, 0.15) is 35.7 Å². The fourth-order valence-corrected chi connectivity index (χ4v) is 2.34. The molecule has 0 bridgehead atoms. The summed E-state index contributed by atoms with van der Waals surface area (Å²) in [5, 5.41) is 11.4. The van der Waals surface area contributed by atoms with Gasteiger partial charge in [0.25, 0.3) is 5.91 Å². The van der Waals surface area contributed by atoms with E-state index in [2.05, 4.69) is 5.32 Å². The van der Waals surface area contributed by atoms with Crippen molar-refractivity contribution in [3.8, 4) is 0 Å². The van der Waals surface area contributed by atoms with E-state index in [-0.39, 0.29) is 18.4 Å². The van der Waals surface area contributed by atoms with Crippen LogP contribution in [0.15, 0.2) is 24.3 Å². The predicted molar refractivity (Wildman–Crippen MR) is 80.2 cm³/mol. The number of amides is 2. The third-order valence-corrected chi connectivity index (χ3v) is 3.72. The van der Waals surface area contributed by atoms with Crippen LogP contribution in [0.4, 0.5) is 0 Å². The summed E-state index contributed by atoms with van der Waals surface area (Å²) < 4.78 is 0. The molecule has 2 N–H and O–H groups in total. The second-order valence-electron chi connectivity index (χ2n) is 5.57. The Kier molecular flexibility index (Phi) is 5.14. The highest BCUT2D eigenvalue weighted by Gasteiger charge is 2.20. The van der Waals surface area contributed by atoms with Crippen molar-refractivity contribution in [1.82, 2.24) is 10.2 Å². The molecule has 118 valence electrons. The van der Waals surface area contributed by atoms with Gasteiger partial charge < -0.3 is 15.3 Å². The molecule has 1 aromatic rings. The van der Waals surface area contributed by atoms with Crippen LogP contribution in [0.25, 0.3) is 0 Å². The number of benzene rings is 1. The summed E-state index contributed by atoms with van der Waals surface area (Å²) >= 11 is 0. The Balaban J connectivity index is 1.97. The van der Waals surface area contributed by atoms with Gasteiger partial charge in [-0.05, 0) is 24.1 Å². The first-order chi connectivity index (χ1) is 10.5. The van der Waals surface area contributed by atoms with Crippen LogP contribution in [0, 0.1) is 5.92 Å². The van der Waals surface area contributed by atoms with Gasteiger partial charge in [0.1, 0.15) is 0 Å². The Labute approximate surface area is 129 Å². The molecular formula is C16H20N2O4. The summed E-state index contributed by atoms with van der Waals surface area (Å²) in [6, 6.07) is 7.07. The molecule has 0 aliphatic carbocycles. The van der Waals surface area contributed by atoms with E-state index in [9.17, 15) is 14.4 Å². The Morgan fingerprint density at radius 3 is 2.82 bits per heavy atom. The third-order valence-electron chi connectivity index (χ3n) is 3.72. The third kappa shape index (κ3) is 4.07. The monoisotopic (exact) mass is 304 g/mol. The van der Waals surface area contributed by atoms with E-state index in [1.54, 1.807) is 23.1 Å². The van der Waals surface area contributed by atoms with Crippen LogP contribution in [0.5, 0.6) is 0 Å². The van der Waals surface area contributed by atoms with Crippen LogP contribution in [-0.2, 0) is 16.1 Å². The minimum atomic E-state index is -0.943. The smallest absolute Gasteiger partial charge is 0.308 e. The molecule has 0 spiro atoms. The van der Waals surface area contributed by atoms with Crippen LogP contribution < -0.4 is 5.32 Å². The molecule has 1 atom stereocenters. The summed E-state index contributed by atoms with van der Waals surface area (Å²) in [4.78, 5) is 36.2. The lowest BCUT2D eigenvalue weighted by Gasteiger charge is -2.16. The number of nitrogens with one attached hydrogen (secondary N) is 1. The molecule has 0 saturated carbocycles. The normalized spacial score (nSPS) is 15.7. The highest BCUT2D eigenvalue weighted by Crippen LogP contribution is 2.15. The summed E-state index contributed by atoms with van der Waals surface area (Å²) in [6.07, 6.45) is 1.47. The summed E-state index contributed by atoms with van der Waals surface area (Å²) in [7, 11) is 0. The van der Waals surface area contributed by atoms with Crippen molar-refractivity contribution in [2.75, 3.05) is 13.1 Å². The van der Waals surface area contributed by atoms with E-state index in [1.807, 2.05) is 6.07 Å². The van der Waals surface area contributed by atoms with Gasteiger partial charge in [0.15, 0.2) is 0 Å². The maximum Gasteiger partial charge on any atom is 0.308 e. The van der Waals surface area contributed by atoms with Gasteiger partial charge in [-0.25, -0.2) is 0 Å². The first-order valence-electron chi connectivity index (χ1n) is 7.35. The van der Waals surface area contributed by atoms with Crippen molar-refractivity contribution in [3.63, 3.8) is 0 Å². The van der Waals surface area contributed by atoms with Gasteiger partial charge in [0.05, 0.1) is 5.92 Å². The van der Waals surface area contributed by atoms with Crippen LogP contribution >= 0.6 is 0 Å². The number of carboxylic acid groups (broad SMARTS) is 1. The van der Waals surface area contributed by atoms with Crippen LogP contribution in [-0.4, -0.2) is 40.9 Å². The van der Waals surface area contributed by atoms with E-state index in [0.29, 0.717) is 18.5 Å². The van der Waals surface area contributed by atoms with Crippen molar-refractivity contribution in [3.05, 3.63) is 35.4 Å². The van der Waals surface area contributed by atoms with Crippen molar-refractivity contribution >= 4 is 17.8 Å². The minimum absolute atomic E-state index is 0.0863. The molecule has 1 saturated heterocycles. The Hall–Kier alpha value is -2.37. The van der Waals surface area contributed by atoms with Gasteiger partial charge in [-0.15, -0.1) is 0 Å². The van der Waals surface area contributed by atoms with Crippen LogP contribution in [0.2, 0.25) is 0 Å². The van der Waals surface area contributed by atoms with E-state index in [1.165, 1.54) is 6.92 Å². The molecule has 1 aromatic carbocycles. The van der Waals surface area contributed by atoms with Crippen molar-refractivity contribution < 1.29 is 19.5 Å². The average Bonchev–Trinajstić information content (AvgIpc) is 2.89. The standard InChI is InChI=1S/C16H20N2O4/c1-11(16(21)22)9-17-15(20)13-5-2-4-12(8-13)10-18-7-3-6-14(18)19/h2,4-5,8,11H,3,6-7,9-10H2,1H3,(H,17,20)(H,21,22). The number of hydrogen-bond donors (Lipinski definition) is 2. The molecule has 2 amide bonds. The first-order valence-corrected chi connectivity index (χ1v) is 7.35. The Morgan fingerprint density at radius 1 is 1.41 bits per heavy atom. The number of hydrogen-bond acceptors (Lipinski definition) is 3. The fraction of sp³-hybridized carbons (Fsp3) is 0.438. The Bertz CT molecular complexity index is 585. The number of carbonyl (C=O) groups excluding carboxylic acids is 2. The fourth-order valence-electron chi connectivity index (χ4n) is 2.34. The van der Waals surface area contributed by atoms with Crippen LogP contribution in [0.3, 0.4) is 0 Å². The summed E-state index contributed by atoms with van der Waals surface area (Å²) in [5.74, 6) is -1.73. The maximum absolute atomic E-state index is 12.0. The quantitative estimate of drug-likeness (QED) is 0.828. The lowest BCUT2D eigenvalue weighted by molar-refractivity contribution is -0.140. The highest BCUT2D eigenvalue weighted by atomic mass is 16.4. The average molecular weight is 304 g/mol. The Morgan fingerprint density at radius 2 is 2.18 bits per heavy atom. The molecule has 0 aromatic heterocycles. The lowest BCUT2D eigenvalue weighted by Crippen LogP contribution is -2.31. The number of rotatable bonds is 6. The molecule has 1 aliphatic heterocycles.